The van der Waals surface area contributed by atoms with Crippen LogP contribution < -0.4 is 5.32 Å². The number of benzene rings is 1. The number of amides is 2. The molecule has 2 N–H and O–H groups in total. The standard InChI is InChI=1S/C18H29N3O2/c1-4-16(20(2)3)14-19-17(22)21-12-10-18(23,11-13-21)15-8-6-5-7-9-15/h5-9,16,23H,4,10-14H2,1-3H3,(H,19,22)/t16-/m1/s1. The Bertz CT molecular complexity index is 496. The Morgan fingerprint density at radius 2 is 1.91 bits per heavy atom. The van der Waals surface area contributed by atoms with Gasteiger partial charge in [-0.3, -0.25) is 0 Å². The Labute approximate surface area is 139 Å². The van der Waals surface area contributed by atoms with E-state index in [0.717, 1.165) is 12.0 Å². The van der Waals surface area contributed by atoms with Crippen molar-refractivity contribution >= 4 is 6.03 Å². The molecule has 0 unspecified atom stereocenters. The third-order valence-electron chi connectivity index (χ3n) is 4.88. The molecule has 1 aliphatic heterocycles. The fraction of sp³-hybridized carbons (Fsp3) is 0.611. The summed E-state index contributed by atoms with van der Waals surface area (Å²) in [7, 11) is 4.06. The molecule has 1 aromatic rings. The lowest BCUT2D eigenvalue weighted by atomic mass is 9.84. The van der Waals surface area contributed by atoms with E-state index >= 15 is 0 Å². The molecule has 1 aromatic carbocycles. The molecular formula is C18H29N3O2. The first-order valence-corrected chi connectivity index (χ1v) is 8.43. The molecule has 2 amide bonds. The SMILES string of the molecule is CC[C@H](CNC(=O)N1CCC(O)(c2ccccc2)CC1)N(C)C. The molecule has 1 fully saturated rings. The quantitative estimate of drug-likeness (QED) is 0.873. The van der Waals surface area contributed by atoms with Gasteiger partial charge in [-0.05, 0) is 38.9 Å². The van der Waals surface area contributed by atoms with Crippen molar-refractivity contribution < 1.29 is 9.90 Å². The van der Waals surface area contributed by atoms with Crippen LogP contribution in [0.1, 0.15) is 31.7 Å². The number of nitrogens with one attached hydrogen (secondary N) is 1. The van der Waals surface area contributed by atoms with Crippen LogP contribution in [0.3, 0.4) is 0 Å². The topological polar surface area (TPSA) is 55.8 Å². The molecule has 5 nitrogen and oxygen atoms in total. The molecule has 0 bridgehead atoms. The number of nitrogens with zero attached hydrogens (tertiary/aromatic N) is 2. The fourth-order valence-electron chi connectivity index (χ4n) is 3.13. The Balaban J connectivity index is 1.85. The van der Waals surface area contributed by atoms with Crippen LogP contribution >= 0.6 is 0 Å². The number of carbonyl (C=O) groups excluding carboxylic acids is 1. The van der Waals surface area contributed by atoms with E-state index in [-0.39, 0.29) is 6.03 Å². The zero-order chi connectivity index (χ0) is 16.9. The minimum absolute atomic E-state index is 0.0274. The molecule has 2 rings (SSSR count). The number of carbonyl (C=O) groups is 1. The first-order valence-electron chi connectivity index (χ1n) is 8.43. The largest absolute Gasteiger partial charge is 0.385 e. The lowest BCUT2D eigenvalue weighted by Gasteiger charge is -2.38. The zero-order valence-electron chi connectivity index (χ0n) is 14.5. The maximum atomic E-state index is 12.3. The Morgan fingerprint density at radius 1 is 1.30 bits per heavy atom. The first-order chi connectivity index (χ1) is 11.0. The second-order valence-electron chi connectivity index (χ2n) is 6.60. The van der Waals surface area contributed by atoms with E-state index < -0.39 is 5.60 Å². The second-order valence-corrected chi connectivity index (χ2v) is 6.60. The summed E-state index contributed by atoms with van der Waals surface area (Å²) in [5, 5.41) is 13.8. The van der Waals surface area contributed by atoms with Crippen LogP contribution in [-0.4, -0.2) is 60.7 Å². The van der Waals surface area contributed by atoms with E-state index in [2.05, 4.69) is 17.1 Å². The molecule has 1 atom stereocenters. The van der Waals surface area contributed by atoms with Gasteiger partial charge >= 0.3 is 6.03 Å². The number of piperidine rings is 1. The predicted molar refractivity (Wildman–Crippen MR) is 92.3 cm³/mol. The highest BCUT2D eigenvalue weighted by Crippen LogP contribution is 2.32. The number of rotatable bonds is 5. The monoisotopic (exact) mass is 319 g/mol. The second kappa shape index (κ2) is 7.79. The third-order valence-corrected chi connectivity index (χ3v) is 4.88. The molecule has 0 saturated carbocycles. The van der Waals surface area contributed by atoms with Crippen molar-refractivity contribution in [1.29, 1.82) is 0 Å². The molecule has 1 heterocycles. The number of likely N-dealkylation sites (N-methyl/N-ethyl adjacent to an activating group) is 1. The predicted octanol–water partition coefficient (Wildman–Crippen LogP) is 2.02. The van der Waals surface area contributed by atoms with Gasteiger partial charge in [-0.25, -0.2) is 4.79 Å². The average molecular weight is 319 g/mol. The van der Waals surface area contributed by atoms with Gasteiger partial charge in [0.2, 0.25) is 0 Å². The van der Waals surface area contributed by atoms with Crippen LogP contribution in [0.4, 0.5) is 4.79 Å². The van der Waals surface area contributed by atoms with Gasteiger partial charge in [0.1, 0.15) is 0 Å². The van der Waals surface area contributed by atoms with Gasteiger partial charge in [0.05, 0.1) is 5.60 Å². The molecule has 0 radical (unpaired) electrons. The molecule has 1 saturated heterocycles. The van der Waals surface area contributed by atoms with Crippen molar-refractivity contribution in [2.45, 2.75) is 37.8 Å². The van der Waals surface area contributed by atoms with E-state index in [4.69, 9.17) is 0 Å². The van der Waals surface area contributed by atoms with Crippen molar-refractivity contribution in [3.8, 4) is 0 Å². The molecule has 0 aliphatic carbocycles. The van der Waals surface area contributed by atoms with Gasteiger partial charge in [-0.15, -0.1) is 0 Å². The van der Waals surface area contributed by atoms with Gasteiger partial charge in [0, 0.05) is 25.7 Å². The summed E-state index contributed by atoms with van der Waals surface area (Å²) in [6.07, 6.45) is 2.16. The maximum Gasteiger partial charge on any atom is 0.317 e. The summed E-state index contributed by atoms with van der Waals surface area (Å²) in [4.78, 5) is 16.2. The highest BCUT2D eigenvalue weighted by molar-refractivity contribution is 5.74. The normalized spacial score (nSPS) is 18.7. The van der Waals surface area contributed by atoms with Crippen LogP contribution in [0.25, 0.3) is 0 Å². The van der Waals surface area contributed by atoms with Crippen molar-refractivity contribution in [3.63, 3.8) is 0 Å². The molecule has 128 valence electrons. The van der Waals surface area contributed by atoms with E-state index in [1.807, 2.05) is 44.4 Å². The van der Waals surface area contributed by atoms with Crippen LogP contribution in [0, 0.1) is 0 Å². The van der Waals surface area contributed by atoms with Crippen molar-refractivity contribution in [3.05, 3.63) is 35.9 Å². The highest BCUT2D eigenvalue weighted by atomic mass is 16.3. The van der Waals surface area contributed by atoms with Gasteiger partial charge < -0.3 is 20.2 Å². The van der Waals surface area contributed by atoms with Crippen LogP contribution in [0.2, 0.25) is 0 Å². The van der Waals surface area contributed by atoms with Crippen LogP contribution in [0.15, 0.2) is 30.3 Å². The van der Waals surface area contributed by atoms with Gasteiger partial charge in [0.25, 0.3) is 0 Å². The van der Waals surface area contributed by atoms with Crippen molar-refractivity contribution in [2.24, 2.45) is 0 Å². The minimum atomic E-state index is -0.812. The Morgan fingerprint density at radius 3 is 2.43 bits per heavy atom. The number of likely N-dealkylation sites (tertiary alicyclic amines) is 1. The van der Waals surface area contributed by atoms with E-state index in [1.165, 1.54) is 0 Å². The van der Waals surface area contributed by atoms with E-state index in [0.29, 0.717) is 38.5 Å². The highest BCUT2D eigenvalue weighted by Gasteiger charge is 2.35. The number of hydrogen-bond donors (Lipinski definition) is 2. The Kier molecular flexibility index (Phi) is 6.02. The lowest BCUT2D eigenvalue weighted by Crippen LogP contribution is -2.50. The fourth-order valence-corrected chi connectivity index (χ4v) is 3.13. The Hall–Kier alpha value is -1.59. The minimum Gasteiger partial charge on any atom is -0.385 e. The summed E-state index contributed by atoms with van der Waals surface area (Å²) >= 11 is 0. The van der Waals surface area contributed by atoms with Gasteiger partial charge in [-0.1, -0.05) is 37.3 Å². The summed E-state index contributed by atoms with van der Waals surface area (Å²) < 4.78 is 0. The zero-order valence-corrected chi connectivity index (χ0v) is 14.5. The molecule has 0 aromatic heterocycles. The number of hydrogen-bond acceptors (Lipinski definition) is 3. The van der Waals surface area contributed by atoms with Crippen molar-refractivity contribution in [1.82, 2.24) is 15.1 Å². The molecule has 23 heavy (non-hydrogen) atoms. The lowest BCUT2D eigenvalue weighted by molar-refractivity contribution is -0.0168. The molecule has 1 aliphatic rings. The number of aliphatic hydroxyl groups is 1. The van der Waals surface area contributed by atoms with Gasteiger partial charge in [0.15, 0.2) is 0 Å². The average Bonchev–Trinajstić information content (AvgIpc) is 2.56. The maximum absolute atomic E-state index is 12.3. The molecule has 0 spiro atoms. The smallest absolute Gasteiger partial charge is 0.317 e. The number of urea groups is 1. The molecular weight excluding hydrogens is 290 g/mol. The van der Waals surface area contributed by atoms with Crippen molar-refractivity contribution in [2.75, 3.05) is 33.7 Å². The van der Waals surface area contributed by atoms with E-state index in [1.54, 1.807) is 4.90 Å². The van der Waals surface area contributed by atoms with Crippen LogP contribution in [0.5, 0.6) is 0 Å². The summed E-state index contributed by atoms with van der Waals surface area (Å²) in [6, 6.07) is 10.1. The van der Waals surface area contributed by atoms with Gasteiger partial charge in [-0.2, -0.15) is 0 Å². The first kappa shape index (κ1) is 17.8. The van der Waals surface area contributed by atoms with Crippen LogP contribution in [-0.2, 0) is 5.60 Å². The summed E-state index contributed by atoms with van der Waals surface area (Å²) in [5.41, 5.74) is 0.131. The van der Waals surface area contributed by atoms with E-state index in [9.17, 15) is 9.90 Å². The molecule has 5 heteroatoms. The third kappa shape index (κ3) is 4.45. The summed E-state index contributed by atoms with van der Waals surface area (Å²) in [5.74, 6) is 0. The summed E-state index contributed by atoms with van der Waals surface area (Å²) in [6.45, 7) is 3.94.